The summed E-state index contributed by atoms with van der Waals surface area (Å²) in [4.78, 5) is 19.6. The zero-order valence-corrected chi connectivity index (χ0v) is 17.3. The summed E-state index contributed by atoms with van der Waals surface area (Å²) in [7, 11) is 0. The molecule has 0 atom stereocenters. The SMILES string of the molecule is O=C(Cc1ccc2c(c1)CCCC2)Nc1ccc2nc(N3CCOCC3)sc2c1. The van der Waals surface area contributed by atoms with Crippen LogP contribution in [0, 0.1) is 0 Å². The summed E-state index contributed by atoms with van der Waals surface area (Å²) >= 11 is 1.67. The van der Waals surface area contributed by atoms with E-state index in [0.717, 1.165) is 59.3 Å². The van der Waals surface area contributed by atoms with Gasteiger partial charge in [-0.15, -0.1) is 0 Å². The maximum atomic E-state index is 12.6. The van der Waals surface area contributed by atoms with Crippen molar-refractivity contribution in [2.75, 3.05) is 36.5 Å². The number of hydrogen-bond donors (Lipinski definition) is 1. The van der Waals surface area contributed by atoms with Crippen molar-refractivity contribution in [1.29, 1.82) is 0 Å². The van der Waals surface area contributed by atoms with E-state index < -0.39 is 0 Å². The van der Waals surface area contributed by atoms with Gasteiger partial charge < -0.3 is 15.0 Å². The first kappa shape index (κ1) is 18.6. The van der Waals surface area contributed by atoms with Gasteiger partial charge in [0.1, 0.15) is 0 Å². The van der Waals surface area contributed by atoms with Crippen LogP contribution in [-0.2, 0) is 28.8 Å². The van der Waals surface area contributed by atoms with E-state index in [9.17, 15) is 4.79 Å². The predicted octanol–water partition coefficient (Wildman–Crippen LogP) is 4.19. The van der Waals surface area contributed by atoms with Crippen LogP contribution in [0.4, 0.5) is 10.8 Å². The average Bonchev–Trinajstić information content (AvgIpc) is 3.18. The molecule has 0 spiro atoms. The van der Waals surface area contributed by atoms with Crippen LogP contribution in [0.3, 0.4) is 0 Å². The molecule has 0 radical (unpaired) electrons. The minimum absolute atomic E-state index is 0.0260. The van der Waals surface area contributed by atoms with Crippen molar-refractivity contribution in [3.8, 4) is 0 Å². The second-order valence-corrected chi connectivity index (χ2v) is 8.82. The Morgan fingerprint density at radius 3 is 2.76 bits per heavy atom. The van der Waals surface area contributed by atoms with E-state index >= 15 is 0 Å². The number of amides is 1. The fraction of sp³-hybridized carbons (Fsp3) is 0.391. The number of anilines is 2. The molecule has 0 saturated carbocycles. The van der Waals surface area contributed by atoms with Gasteiger partial charge >= 0.3 is 0 Å². The Morgan fingerprint density at radius 1 is 1.07 bits per heavy atom. The van der Waals surface area contributed by atoms with E-state index in [0.29, 0.717) is 6.42 Å². The Balaban J connectivity index is 1.27. The third-order valence-electron chi connectivity index (χ3n) is 5.72. The van der Waals surface area contributed by atoms with Crippen LogP contribution in [0.2, 0.25) is 0 Å². The van der Waals surface area contributed by atoms with Crippen molar-refractivity contribution in [1.82, 2.24) is 4.98 Å². The Morgan fingerprint density at radius 2 is 1.90 bits per heavy atom. The number of hydrogen-bond acceptors (Lipinski definition) is 5. The lowest BCUT2D eigenvalue weighted by molar-refractivity contribution is -0.115. The van der Waals surface area contributed by atoms with Gasteiger partial charge in [0.05, 0.1) is 29.9 Å². The molecule has 1 aliphatic carbocycles. The van der Waals surface area contributed by atoms with Gasteiger partial charge in [0.2, 0.25) is 5.91 Å². The second kappa shape index (κ2) is 8.13. The summed E-state index contributed by atoms with van der Waals surface area (Å²) in [5.41, 5.74) is 5.77. The summed E-state index contributed by atoms with van der Waals surface area (Å²) < 4.78 is 6.52. The first-order valence-corrected chi connectivity index (χ1v) is 11.2. The lowest BCUT2D eigenvalue weighted by Crippen LogP contribution is -2.36. The number of rotatable bonds is 4. The Labute approximate surface area is 174 Å². The number of thiazole rings is 1. The van der Waals surface area contributed by atoms with Crippen LogP contribution in [0.15, 0.2) is 36.4 Å². The van der Waals surface area contributed by atoms with Gasteiger partial charge in [-0.25, -0.2) is 4.98 Å². The molecule has 0 bridgehead atoms. The van der Waals surface area contributed by atoms with Gasteiger partial charge in [0.15, 0.2) is 5.13 Å². The molecule has 5 rings (SSSR count). The first-order chi connectivity index (χ1) is 14.2. The predicted molar refractivity (Wildman–Crippen MR) is 118 cm³/mol. The fourth-order valence-corrected chi connectivity index (χ4v) is 5.22. The van der Waals surface area contributed by atoms with Crippen molar-refractivity contribution in [2.24, 2.45) is 0 Å². The fourth-order valence-electron chi connectivity index (χ4n) is 4.17. The number of carbonyl (C=O) groups excluding carboxylic acids is 1. The second-order valence-electron chi connectivity index (χ2n) is 7.81. The van der Waals surface area contributed by atoms with Crippen LogP contribution >= 0.6 is 11.3 Å². The number of aryl methyl sites for hydroxylation is 2. The van der Waals surface area contributed by atoms with E-state index in [4.69, 9.17) is 9.72 Å². The number of morpholine rings is 1. The molecular formula is C23H25N3O2S. The number of nitrogens with zero attached hydrogens (tertiary/aromatic N) is 2. The van der Waals surface area contributed by atoms with E-state index in [1.807, 2.05) is 18.2 Å². The highest BCUT2D eigenvalue weighted by atomic mass is 32.1. The van der Waals surface area contributed by atoms with Gasteiger partial charge in [-0.3, -0.25) is 4.79 Å². The topological polar surface area (TPSA) is 54.5 Å². The molecule has 1 aliphatic heterocycles. The molecule has 2 aromatic carbocycles. The minimum atomic E-state index is 0.0260. The summed E-state index contributed by atoms with van der Waals surface area (Å²) in [6.07, 6.45) is 5.25. The number of aromatic nitrogens is 1. The van der Waals surface area contributed by atoms with Crippen LogP contribution in [0.5, 0.6) is 0 Å². The Kier molecular flexibility index (Phi) is 5.21. The molecule has 6 heteroatoms. The van der Waals surface area contributed by atoms with Crippen LogP contribution in [0.25, 0.3) is 10.2 Å². The molecule has 2 aliphatic rings. The molecule has 29 heavy (non-hydrogen) atoms. The largest absolute Gasteiger partial charge is 0.378 e. The van der Waals surface area contributed by atoms with Crippen molar-refractivity contribution in [2.45, 2.75) is 32.1 Å². The van der Waals surface area contributed by atoms with Gasteiger partial charge in [-0.1, -0.05) is 29.5 Å². The third-order valence-corrected chi connectivity index (χ3v) is 6.80. The maximum absolute atomic E-state index is 12.6. The van der Waals surface area contributed by atoms with E-state index in [1.54, 1.807) is 11.3 Å². The molecule has 1 amide bonds. The zero-order valence-electron chi connectivity index (χ0n) is 16.4. The zero-order chi connectivity index (χ0) is 19.6. The quantitative estimate of drug-likeness (QED) is 0.705. The molecule has 1 fully saturated rings. The van der Waals surface area contributed by atoms with E-state index in [-0.39, 0.29) is 5.91 Å². The first-order valence-electron chi connectivity index (χ1n) is 10.4. The van der Waals surface area contributed by atoms with Crippen molar-refractivity contribution in [3.63, 3.8) is 0 Å². The van der Waals surface area contributed by atoms with E-state index in [1.165, 1.54) is 30.4 Å². The number of ether oxygens (including phenoxy) is 1. The summed E-state index contributed by atoms with van der Waals surface area (Å²) in [5, 5.41) is 4.09. The molecule has 0 unspecified atom stereocenters. The Hall–Kier alpha value is -2.44. The van der Waals surface area contributed by atoms with Gasteiger partial charge in [0, 0.05) is 18.8 Å². The monoisotopic (exact) mass is 407 g/mol. The molecule has 1 aromatic heterocycles. The summed E-state index contributed by atoms with van der Waals surface area (Å²) in [5.74, 6) is 0.0260. The van der Waals surface area contributed by atoms with Crippen molar-refractivity contribution in [3.05, 3.63) is 53.1 Å². The molecule has 1 N–H and O–H groups in total. The lowest BCUT2D eigenvalue weighted by Gasteiger charge is -2.25. The maximum Gasteiger partial charge on any atom is 0.228 e. The van der Waals surface area contributed by atoms with Gasteiger partial charge in [-0.05, 0) is 60.6 Å². The highest BCUT2D eigenvalue weighted by Gasteiger charge is 2.16. The highest BCUT2D eigenvalue weighted by molar-refractivity contribution is 7.22. The van der Waals surface area contributed by atoms with Gasteiger partial charge in [0.25, 0.3) is 0 Å². The van der Waals surface area contributed by atoms with Crippen LogP contribution in [0.1, 0.15) is 29.5 Å². The summed E-state index contributed by atoms with van der Waals surface area (Å²) in [6, 6.07) is 12.5. The minimum Gasteiger partial charge on any atom is -0.378 e. The standard InChI is InChI=1S/C23H25N3O2S/c27-22(14-16-5-6-17-3-1-2-4-18(17)13-16)24-19-7-8-20-21(15-19)29-23(25-20)26-9-11-28-12-10-26/h5-8,13,15H,1-4,9-12,14H2,(H,24,27). The van der Waals surface area contributed by atoms with Crippen molar-refractivity contribution >= 4 is 38.3 Å². The van der Waals surface area contributed by atoms with Crippen LogP contribution < -0.4 is 10.2 Å². The van der Waals surface area contributed by atoms with Crippen LogP contribution in [-0.4, -0.2) is 37.2 Å². The average molecular weight is 408 g/mol. The highest BCUT2D eigenvalue weighted by Crippen LogP contribution is 2.31. The summed E-state index contributed by atoms with van der Waals surface area (Å²) in [6.45, 7) is 3.26. The van der Waals surface area contributed by atoms with E-state index in [2.05, 4.69) is 28.4 Å². The normalized spacial score (nSPS) is 16.6. The lowest BCUT2D eigenvalue weighted by atomic mass is 9.90. The Bertz CT molecular complexity index is 1040. The van der Waals surface area contributed by atoms with Crippen molar-refractivity contribution < 1.29 is 9.53 Å². The third kappa shape index (κ3) is 4.14. The molecule has 3 aromatic rings. The molecule has 1 saturated heterocycles. The molecule has 2 heterocycles. The number of carbonyl (C=O) groups is 1. The number of benzene rings is 2. The molecule has 5 nitrogen and oxygen atoms in total. The smallest absolute Gasteiger partial charge is 0.228 e. The number of nitrogens with one attached hydrogen (secondary N) is 1. The molecule has 150 valence electrons. The van der Waals surface area contributed by atoms with Gasteiger partial charge in [-0.2, -0.15) is 0 Å². The molecular weight excluding hydrogens is 382 g/mol. The number of fused-ring (bicyclic) bond motifs is 2.